The number of amides is 2. The molecule has 0 saturated carbocycles. The normalized spacial score (nSPS) is 15.1. The molecule has 2 amide bonds. The Labute approximate surface area is 154 Å². The molecule has 1 heterocycles. The molecule has 142 valence electrons. The van der Waals surface area contributed by atoms with E-state index in [1.165, 1.54) is 0 Å². The lowest BCUT2D eigenvalue weighted by molar-refractivity contribution is -0.140. The molecule has 2 rings (SSSR count). The predicted octanol–water partition coefficient (Wildman–Crippen LogP) is 2.50. The number of carboxylic acids is 1. The maximum atomic E-state index is 12.8. The van der Waals surface area contributed by atoms with Crippen molar-refractivity contribution in [2.75, 3.05) is 26.2 Å². The van der Waals surface area contributed by atoms with Crippen LogP contribution in [0.4, 0.5) is 0 Å². The highest BCUT2D eigenvalue weighted by Gasteiger charge is 2.30. The number of carbonyl (C=O) groups excluding carboxylic acids is 2. The van der Waals surface area contributed by atoms with Crippen molar-refractivity contribution in [2.45, 2.75) is 33.1 Å². The quantitative estimate of drug-likeness (QED) is 0.810. The van der Waals surface area contributed by atoms with Crippen LogP contribution in [0.1, 0.15) is 43.5 Å². The first-order valence-corrected chi connectivity index (χ1v) is 9.23. The Morgan fingerprint density at radius 1 is 1.15 bits per heavy atom. The number of aliphatic carboxylic acids is 1. The fourth-order valence-corrected chi connectivity index (χ4v) is 3.31. The molecular formula is C20H28N2O4. The summed E-state index contributed by atoms with van der Waals surface area (Å²) in [5, 5.41) is 8.91. The molecule has 1 aliphatic rings. The number of hydrogen-bond acceptors (Lipinski definition) is 3. The second-order valence-corrected chi connectivity index (χ2v) is 7.25. The molecule has 1 aromatic rings. The van der Waals surface area contributed by atoms with Crippen LogP contribution in [0.2, 0.25) is 0 Å². The van der Waals surface area contributed by atoms with Crippen LogP contribution in [-0.2, 0) is 9.59 Å². The Hall–Kier alpha value is -2.37. The average Bonchev–Trinajstić information content (AvgIpc) is 2.64. The Morgan fingerprint density at radius 3 is 2.31 bits per heavy atom. The van der Waals surface area contributed by atoms with Gasteiger partial charge in [0.05, 0.1) is 6.42 Å². The molecule has 0 atom stereocenters. The van der Waals surface area contributed by atoms with Crippen molar-refractivity contribution >= 4 is 17.8 Å². The minimum absolute atomic E-state index is 0.00131. The molecule has 6 heteroatoms. The van der Waals surface area contributed by atoms with Gasteiger partial charge in [0.2, 0.25) is 5.91 Å². The third-order valence-corrected chi connectivity index (χ3v) is 4.64. The van der Waals surface area contributed by atoms with Crippen molar-refractivity contribution in [1.82, 2.24) is 9.80 Å². The molecule has 0 unspecified atom stereocenters. The second-order valence-electron chi connectivity index (χ2n) is 7.25. The molecule has 0 aliphatic carbocycles. The van der Waals surface area contributed by atoms with E-state index in [1.54, 1.807) is 21.9 Å². The summed E-state index contributed by atoms with van der Waals surface area (Å²) in [4.78, 5) is 39.7. The zero-order valence-electron chi connectivity index (χ0n) is 15.6. The topological polar surface area (TPSA) is 77.9 Å². The molecular weight excluding hydrogens is 332 g/mol. The van der Waals surface area contributed by atoms with Gasteiger partial charge in [-0.15, -0.1) is 0 Å². The standard InChI is InChI=1S/C20H28N2O4/c1-15(2)14-22(13-10-18(23)24)20(26)17-8-11-21(12-9-17)19(25)16-6-4-3-5-7-16/h3-7,15,17H,8-14H2,1-2H3,(H,23,24). The molecule has 1 saturated heterocycles. The summed E-state index contributed by atoms with van der Waals surface area (Å²) in [7, 11) is 0. The summed E-state index contributed by atoms with van der Waals surface area (Å²) in [5.41, 5.74) is 0.667. The van der Waals surface area contributed by atoms with Crippen molar-refractivity contribution < 1.29 is 19.5 Å². The van der Waals surface area contributed by atoms with E-state index >= 15 is 0 Å². The van der Waals surface area contributed by atoms with E-state index < -0.39 is 5.97 Å². The van der Waals surface area contributed by atoms with Crippen LogP contribution in [0, 0.1) is 11.8 Å². The van der Waals surface area contributed by atoms with Gasteiger partial charge in [0.15, 0.2) is 0 Å². The molecule has 0 aromatic heterocycles. The first-order chi connectivity index (χ1) is 12.4. The number of benzene rings is 1. The average molecular weight is 360 g/mol. The number of carboxylic acid groups (broad SMARTS) is 1. The largest absolute Gasteiger partial charge is 0.481 e. The van der Waals surface area contributed by atoms with E-state index in [1.807, 2.05) is 32.0 Å². The van der Waals surface area contributed by atoms with Gasteiger partial charge in [-0.25, -0.2) is 0 Å². The Kier molecular flexibility index (Phi) is 7.18. The van der Waals surface area contributed by atoms with Crippen LogP contribution >= 0.6 is 0 Å². The Bertz CT molecular complexity index is 622. The molecule has 26 heavy (non-hydrogen) atoms. The van der Waals surface area contributed by atoms with E-state index in [-0.39, 0.29) is 36.6 Å². The summed E-state index contributed by atoms with van der Waals surface area (Å²) in [6.07, 6.45) is 1.21. The molecule has 6 nitrogen and oxygen atoms in total. The van der Waals surface area contributed by atoms with Crippen LogP contribution < -0.4 is 0 Å². The number of hydrogen-bond donors (Lipinski definition) is 1. The minimum Gasteiger partial charge on any atom is -0.481 e. The van der Waals surface area contributed by atoms with Crippen LogP contribution in [-0.4, -0.2) is 58.9 Å². The molecule has 0 spiro atoms. The lowest BCUT2D eigenvalue weighted by Crippen LogP contribution is -2.45. The van der Waals surface area contributed by atoms with Crippen LogP contribution in [0.5, 0.6) is 0 Å². The van der Waals surface area contributed by atoms with Gasteiger partial charge in [-0.3, -0.25) is 14.4 Å². The SMILES string of the molecule is CC(C)CN(CCC(=O)O)C(=O)C1CCN(C(=O)c2ccccc2)CC1. The summed E-state index contributed by atoms with van der Waals surface area (Å²) in [5.74, 6) is -0.724. The fraction of sp³-hybridized carbons (Fsp3) is 0.550. The van der Waals surface area contributed by atoms with E-state index in [0.717, 1.165) is 0 Å². The van der Waals surface area contributed by atoms with Gasteiger partial charge in [-0.2, -0.15) is 0 Å². The van der Waals surface area contributed by atoms with Crippen molar-refractivity contribution in [3.63, 3.8) is 0 Å². The van der Waals surface area contributed by atoms with Crippen LogP contribution in [0.25, 0.3) is 0 Å². The first kappa shape index (κ1) is 19.9. The lowest BCUT2D eigenvalue weighted by atomic mass is 9.94. The molecule has 0 bridgehead atoms. The van der Waals surface area contributed by atoms with Gasteiger partial charge in [-0.1, -0.05) is 32.0 Å². The monoisotopic (exact) mass is 360 g/mol. The van der Waals surface area contributed by atoms with Crippen molar-refractivity contribution in [1.29, 1.82) is 0 Å². The fourth-order valence-electron chi connectivity index (χ4n) is 3.31. The molecule has 1 aromatic carbocycles. The van der Waals surface area contributed by atoms with E-state index in [4.69, 9.17) is 5.11 Å². The van der Waals surface area contributed by atoms with Crippen LogP contribution in [0.15, 0.2) is 30.3 Å². The highest BCUT2D eigenvalue weighted by molar-refractivity contribution is 5.94. The van der Waals surface area contributed by atoms with Gasteiger partial charge < -0.3 is 14.9 Å². The summed E-state index contributed by atoms with van der Waals surface area (Å²) < 4.78 is 0. The summed E-state index contributed by atoms with van der Waals surface area (Å²) in [6.45, 7) is 5.95. The van der Waals surface area contributed by atoms with E-state index in [0.29, 0.717) is 38.0 Å². The molecule has 1 aliphatic heterocycles. The van der Waals surface area contributed by atoms with Gasteiger partial charge in [0.25, 0.3) is 5.91 Å². The zero-order valence-corrected chi connectivity index (χ0v) is 15.6. The predicted molar refractivity (Wildman–Crippen MR) is 98.7 cm³/mol. The Morgan fingerprint density at radius 2 is 1.77 bits per heavy atom. The van der Waals surface area contributed by atoms with Crippen molar-refractivity contribution in [3.05, 3.63) is 35.9 Å². The minimum atomic E-state index is -0.894. The maximum absolute atomic E-state index is 12.8. The highest BCUT2D eigenvalue weighted by Crippen LogP contribution is 2.22. The van der Waals surface area contributed by atoms with Gasteiger partial charge in [0.1, 0.15) is 0 Å². The van der Waals surface area contributed by atoms with Crippen LogP contribution in [0.3, 0.4) is 0 Å². The van der Waals surface area contributed by atoms with Gasteiger partial charge >= 0.3 is 5.97 Å². The third kappa shape index (κ3) is 5.58. The van der Waals surface area contributed by atoms with Crippen molar-refractivity contribution in [2.24, 2.45) is 11.8 Å². The Balaban J connectivity index is 1.93. The number of carbonyl (C=O) groups is 3. The summed E-state index contributed by atoms with van der Waals surface area (Å²) in [6, 6.07) is 9.17. The first-order valence-electron chi connectivity index (χ1n) is 9.23. The number of piperidine rings is 1. The van der Waals surface area contributed by atoms with Crippen molar-refractivity contribution in [3.8, 4) is 0 Å². The zero-order chi connectivity index (χ0) is 19.1. The molecule has 1 N–H and O–H groups in total. The lowest BCUT2D eigenvalue weighted by Gasteiger charge is -2.34. The molecule has 0 radical (unpaired) electrons. The van der Waals surface area contributed by atoms with Gasteiger partial charge in [0, 0.05) is 37.7 Å². The van der Waals surface area contributed by atoms with E-state index in [9.17, 15) is 14.4 Å². The van der Waals surface area contributed by atoms with E-state index in [2.05, 4.69) is 0 Å². The smallest absolute Gasteiger partial charge is 0.305 e. The second kappa shape index (κ2) is 9.36. The highest BCUT2D eigenvalue weighted by atomic mass is 16.4. The molecule has 1 fully saturated rings. The van der Waals surface area contributed by atoms with Gasteiger partial charge in [-0.05, 0) is 30.9 Å². The third-order valence-electron chi connectivity index (χ3n) is 4.64. The summed E-state index contributed by atoms with van der Waals surface area (Å²) >= 11 is 0. The number of likely N-dealkylation sites (tertiary alicyclic amines) is 1. The maximum Gasteiger partial charge on any atom is 0.305 e. The number of nitrogens with zero attached hydrogens (tertiary/aromatic N) is 2. The number of rotatable bonds is 7.